The number of benzene rings is 1. The van der Waals surface area contributed by atoms with Crippen molar-refractivity contribution in [2.45, 2.75) is 0 Å². The van der Waals surface area contributed by atoms with Gasteiger partial charge in [-0.2, -0.15) is 21.4 Å². The van der Waals surface area contributed by atoms with Crippen LogP contribution in [0.4, 0.5) is 5.82 Å². The van der Waals surface area contributed by atoms with Crippen LogP contribution in [0.3, 0.4) is 0 Å². The number of halogens is 1. The van der Waals surface area contributed by atoms with E-state index >= 15 is 0 Å². The number of carbonyl (C=O) groups excluding carboxylic acids is 1. The van der Waals surface area contributed by atoms with Gasteiger partial charge in [0.05, 0.1) is 11.4 Å². The summed E-state index contributed by atoms with van der Waals surface area (Å²) in [6.45, 7) is 1.12. The zero-order valence-corrected chi connectivity index (χ0v) is 16.2. The zero-order valence-electron chi connectivity index (χ0n) is 14.6. The average molecular weight is 388 g/mol. The maximum atomic E-state index is 11.5. The van der Waals surface area contributed by atoms with E-state index in [-0.39, 0.29) is 5.91 Å². The Morgan fingerprint density at radius 1 is 1.35 bits per heavy atom. The van der Waals surface area contributed by atoms with E-state index in [0.717, 1.165) is 28.2 Å². The van der Waals surface area contributed by atoms with Gasteiger partial charge in [-0.3, -0.25) is 4.79 Å². The van der Waals surface area contributed by atoms with Crippen LogP contribution in [0.15, 0.2) is 36.5 Å². The minimum atomic E-state index is 0.0332. The Labute approximate surface area is 162 Å². The molecule has 0 aliphatic heterocycles. The van der Waals surface area contributed by atoms with E-state index in [9.17, 15) is 4.79 Å². The summed E-state index contributed by atoms with van der Waals surface area (Å²) >= 11 is 7.84. The van der Waals surface area contributed by atoms with Crippen LogP contribution >= 0.6 is 23.4 Å². The van der Waals surface area contributed by atoms with Gasteiger partial charge in [-0.1, -0.05) is 29.8 Å². The summed E-state index contributed by atoms with van der Waals surface area (Å²) in [6.07, 6.45) is 3.69. The van der Waals surface area contributed by atoms with Crippen LogP contribution in [-0.4, -0.2) is 53.4 Å². The van der Waals surface area contributed by atoms with Crippen LogP contribution in [0.5, 0.6) is 0 Å². The molecular formula is C17H19BClN5OS. The highest BCUT2D eigenvalue weighted by Crippen LogP contribution is 2.28. The fourth-order valence-corrected chi connectivity index (χ4v) is 3.18. The van der Waals surface area contributed by atoms with E-state index in [0.29, 0.717) is 23.9 Å². The Morgan fingerprint density at radius 3 is 2.92 bits per heavy atom. The SMILES string of the molecule is Bc1cnn2c(NCCNC(=O)CSC)cc(-c3ccccc3Cl)nc12. The molecule has 0 spiro atoms. The summed E-state index contributed by atoms with van der Waals surface area (Å²) in [6, 6.07) is 9.54. The normalized spacial score (nSPS) is 10.8. The Bertz CT molecular complexity index is 933. The minimum absolute atomic E-state index is 0.0332. The first-order valence-electron chi connectivity index (χ1n) is 8.20. The first-order chi connectivity index (χ1) is 12.6. The van der Waals surface area contributed by atoms with Gasteiger partial charge in [-0.25, -0.2) is 4.98 Å². The van der Waals surface area contributed by atoms with Gasteiger partial charge in [0, 0.05) is 35.9 Å². The highest BCUT2D eigenvalue weighted by Gasteiger charge is 2.12. The minimum Gasteiger partial charge on any atom is -0.368 e. The molecule has 2 aromatic heterocycles. The first-order valence-corrected chi connectivity index (χ1v) is 9.97. The Hall–Kier alpha value is -2.19. The third-order valence-electron chi connectivity index (χ3n) is 3.83. The summed E-state index contributed by atoms with van der Waals surface area (Å²) in [4.78, 5) is 16.3. The van der Waals surface area contributed by atoms with Crippen LogP contribution < -0.4 is 16.1 Å². The number of nitrogens with zero attached hydrogens (tertiary/aromatic N) is 3. The van der Waals surface area contributed by atoms with E-state index in [1.165, 1.54) is 11.8 Å². The zero-order chi connectivity index (χ0) is 18.5. The molecule has 0 radical (unpaired) electrons. The molecule has 2 N–H and O–H groups in total. The van der Waals surface area contributed by atoms with Gasteiger partial charge in [-0.05, 0) is 17.8 Å². The van der Waals surface area contributed by atoms with E-state index in [4.69, 9.17) is 16.6 Å². The van der Waals surface area contributed by atoms with Crippen molar-refractivity contribution in [1.29, 1.82) is 0 Å². The van der Waals surface area contributed by atoms with Crippen LogP contribution in [0.2, 0.25) is 5.02 Å². The highest BCUT2D eigenvalue weighted by atomic mass is 35.5. The molecule has 3 rings (SSSR count). The molecule has 0 bridgehead atoms. The van der Waals surface area contributed by atoms with Crippen molar-refractivity contribution in [2.24, 2.45) is 0 Å². The van der Waals surface area contributed by atoms with Crippen molar-refractivity contribution in [3.63, 3.8) is 0 Å². The summed E-state index contributed by atoms with van der Waals surface area (Å²) in [5, 5.41) is 11.2. The van der Waals surface area contributed by atoms with Gasteiger partial charge < -0.3 is 10.6 Å². The number of aromatic nitrogens is 3. The van der Waals surface area contributed by atoms with Crippen LogP contribution in [0.1, 0.15) is 0 Å². The lowest BCUT2D eigenvalue weighted by Crippen LogP contribution is -2.30. The molecule has 0 unspecified atom stereocenters. The highest BCUT2D eigenvalue weighted by molar-refractivity contribution is 7.99. The standard InChI is InChI=1S/C17H19BClN5OS/c1-26-10-16(25)21-7-6-20-15-8-14(11-4-2-3-5-13(11)19)23-17-12(18)9-22-24(15)17/h2-5,8-9,20H,6-7,10,18H2,1H3,(H,21,25). The molecule has 6 nitrogen and oxygen atoms in total. The molecule has 0 fully saturated rings. The number of carbonyl (C=O) groups is 1. The molecule has 1 amide bonds. The summed E-state index contributed by atoms with van der Waals surface area (Å²) in [5.74, 6) is 1.30. The maximum absolute atomic E-state index is 11.5. The Kier molecular flexibility index (Phi) is 6.06. The van der Waals surface area contributed by atoms with Crippen LogP contribution in [-0.2, 0) is 4.79 Å². The van der Waals surface area contributed by atoms with E-state index in [1.54, 1.807) is 10.7 Å². The van der Waals surface area contributed by atoms with Crippen molar-refractivity contribution in [3.05, 3.63) is 41.6 Å². The molecular weight excluding hydrogens is 369 g/mol. The topological polar surface area (TPSA) is 71.3 Å². The molecule has 0 aliphatic rings. The smallest absolute Gasteiger partial charge is 0.230 e. The molecule has 1 aromatic carbocycles. The van der Waals surface area contributed by atoms with Gasteiger partial charge in [0.2, 0.25) is 5.91 Å². The van der Waals surface area contributed by atoms with E-state index in [1.807, 2.05) is 44.4 Å². The second-order valence-electron chi connectivity index (χ2n) is 5.78. The first kappa shape index (κ1) is 18.6. The van der Waals surface area contributed by atoms with Gasteiger partial charge in [0.1, 0.15) is 13.7 Å². The number of thioether (sulfide) groups is 1. The third-order valence-corrected chi connectivity index (χ3v) is 4.71. The van der Waals surface area contributed by atoms with E-state index in [2.05, 4.69) is 15.7 Å². The van der Waals surface area contributed by atoms with Crippen molar-refractivity contribution in [3.8, 4) is 11.3 Å². The van der Waals surface area contributed by atoms with Gasteiger partial charge in [0.25, 0.3) is 0 Å². The molecule has 9 heteroatoms. The van der Waals surface area contributed by atoms with Gasteiger partial charge >= 0.3 is 0 Å². The molecule has 0 aliphatic carbocycles. The second kappa shape index (κ2) is 8.46. The van der Waals surface area contributed by atoms with Gasteiger partial charge in [0.15, 0.2) is 5.65 Å². The molecule has 3 aromatic rings. The lowest BCUT2D eigenvalue weighted by atomic mass is 10.0. The van der Waals surface area contributed by atoms with Gasteiger partial charge in [-0.15, -0.1) is 0 Å². The lowest BCUT2D eigenvalue weighted by Gasteiger charge is -2.12. The van der Waals surface area contributed by atoms with Crippen molar-refractivity contribution in [1.82, 2.24) is 19.9 Å². The van der Waals surface area contributed by atoms with Crippen molar-refractivity contribution < 1.29 is 4.79 Å². The fraction of sp³-hybridized carbons (Fsp3) is 0.235. The summed E-state index contributed by atoms with van der Waals surface area (Å²) in [5.41, 5.74) is 3.40. The molecule has 0 saturated carbocycles. The molecule has 0 saturated heterocycles. The number of nitrogens with one attached hydrogen (secondary N) is 2. The molecule has 134 valence electrons. The Balaban J connectivity index is 1.85. The number of hydrogen-bond acceptors (Lipinski definition) is 5. The second-order valence-corrected chi connectivity index (χ2v) is 7.05. The number of hydrogen-bond donors (Lipinski definition) is 2. The summed E-state index contributed by atoms with van der Waals surface area (Å²) < 4.78 is 1.76. The molecule has 2 heterocycles. The third kappa shape index (κ3) is 4.13. The largest absolute Gasteiger partial charge is 0.368 e. The van der Waals surface area contributed by atoms with Crippen LogP contribution in [0, 0.1) is 0 Å². The predicted octanol–water partition coefficient (Wildman–Crippen LogP) is 1.20. The lowest BCUT2D eigenvalue weighted by molar-refractivity contribution is -0.118. The fourth-order valence-electron chi connectivity index (χ4n) is 2.58. The van der Waals surface area contributed by atoms with Crippen molar-refractivity contribution in [2.75, 3.05) is 30.4 Å². The molecule has 0 atom stereocenters. The molecule has 26 heavy (non-hydrogen) atoms. The number of amides is 1. The number of fused-ring (bicyclic) bond motifs is 1. The van der Waals surface area contributed by atoms with Crippen LogP contribution in [0.25, 0.3) is 16.9 Å². The maximum Gasteiger partial charge on any atom is 0.230 e. The average Bonchev–Trinajstić information content (AvgIpc) is 3.00. The van der Waals surface area contributed by atoms with Crippen molar-refractivity contribution >= 4 is 54.0 Å². The predicted molar refractivity (Wildman–Crippen MR) is 111 cm³/mol. The quantitative estimate of drug-likeness (QED) is 0.471. The van der Waals surface area contributed by atoms with E-state index < -0.39 is 0 Å². The number of anilines is 1. The monoisotopic (exact) mass is 387 g/mol. The Morgan fingerprint density at radius 2 is 2.15 bits per heavy atom. The summed E-state index contributed by atoms with van der Waals surface area (Å²) in [7, 11) is 1.97. The number of rotatable bonds is 7.